The molecule has 1 aromatic carbocycles. The molecule has 0 spiro atoms. The Bertz CT molecular complexity index is 378. The number of ether oxygens (including phenoxy) is 1. The smallest absolute Gasteiger partial charge is 0.123 e. The standard InChI is InChI=1S/C14H17FO/c1-5-16-12(4)10(2)11(3)13-6-8-14(15)9-7-13/h6-9,11H,2,4-5H2,1,3H3. The number of allylic oxidation sites excluding steroid dienone is 1. The third-order valence-corrected chi connectivity index (χ3v) is 2.57. The molecule has 0 aromatic heterocycles. The topological polar surface area (TPSA) is 9.23 Å². The molecular weight excluding hydrogens is 203 g/mol. The fourth-order valence-corrected chi connectivity index (χ4v) is 1.46. The van der Waals surface area contributed by atoms with Gasteiger partial charge in [0.15, 0.2) is 0 Å². The van der Waals surface area contributed by atoms with Crippen LogP contribution in [-0.4, -0.2) is 6.61 Å². The Morgan fingerprint density at radius 2 is 1.88 bits per heavy atom. The Balaban J connectivity index is 2.77. The molecule has 0 N–H and O–H groups in total. The predicted molar refractivity (Wildman–Crippen MR) is 64.7 cm³/mol. The van der Waals surface area contributed by atoms with Gasteiger partial charge in [-0.15, -0.1) is 0 Å². The Morgan fingerprint density at radius 3 is 2.38 bits per heavy atom. The maximum Gasteiger partial charge on any atom is 0.123 e. The van der Waals surface area contributed by atoms with E-state index in [1.54, 1.807) is 12.1 Å². The summed E-state index contributed by atoms with van der Waals surface area (Å²) in [7, 11) is 0. The number of rotatable bonds is 5. The van der Waals surface area contributed by atoms with E-state index in [1.165, 1.54) is 12.1 Å². The zero-order chi connectivity index (χ0) is 12.1. The molecule has 0 aliphatic rings. The lowest BCUT2D eigenvalue weighted by molar-refractivity contribution is 0.236. The number of benzene rings is 1. The summed E-state index contributed by atoms with van der Waals surface area (Å²) in [6.07, 6.45) is 0. The van der Waals surface area contributed by atoms with Crippen molar-refractivity contribution in [2.24, 2.45) is 0 Å². The van der Waals surface area contributed by atoms with Crippen LogP contribution in [0.4, 0.5) is 4.39 Å². The van der Waals surface area contributed by atoms with Gasteiger partial charge in [0.2, 0.25) is 0 Å². The summed E-state index contributed by atoms with van der Waals surface area (Å²) in [4.78, 5) is 0. The van der Waals surface area contributed by atoms with Gasteiger partial charge >= 0.3 is 0 Å². The molecule has 1 nitrogen and oxygen atoms in total. The Morgan fingerprint density at radius 1 is 1.31 bits per heavy atom. The third-order valence-electron chi connectivity index (χ3n) is 2.57. The molecule has 0 fully saturated rings. The van der Waals surface area contributed by atoms with Crippen LogP contribution in [-0.2, 0) is 4.74 Å². The van der Waals surface area contributed by atoms with E-state index in [1.807, 2.05) is 13.8 Å². The minimum Gasteiger partial charge on any atom is -0.494 e. The molecule has 0 saturated heterocycles. The molecule has 0 amide bonds. The summed E-state index contributed by atoms with van der Waals surface area (Å²) in [6, 6.07) is 6.40. The summed E-state index contributed by atoms with van der Waals surface area (Å²) in [5, 5.41) is 0. The molecule has 1 atom stereocenters. The lowest BCUT2D eigenvalue weighted by Crippen LogP contribution is -2.02. The Hall–Kier alpha value is -1.57. The first-order chi connectivity index (χ1) is 7.56. The fraction of sp³-hybridized carbons (Fsp3) is 0.286. The van der Waals surface area contributed by atoms with E-state index < -0.39 is 0 Å². The molecule has 16 heavy (non-hydrogen) atoms. The highest BCUT2D eigenvalue weighted by Gasteiger charge is 2.12. The van der Waals surface area contributed by atoms with Gasteiger partial charge in [-0.05, 0) is 30.2 Å². The molecule has 0 aliphatic carbocycles. The van der Waals surface area contributed by atoms with E-state index in [4.69, 9.17) is 4.74 Å². The Kier molecular flexibility index (Phi) is 4.29. The molecule has 0 bridgehead atoms. The minimum atomic E-state index is -0.231. The van der Waals surface area contributed by atoms with Crippen molar-refractivity contribution in [2.75, 3.05) is 6.61 Å². The first kappa shape index (κ1) is 12.5. The first-order valence-electron chi connectivity index (χ1n) is 5.32. The molecule has 1 rings (SSSR count). The maximum absolute atomic E-state index is 12.8. The van der Waals surface area contributed by atoms with E-state index in [2.05, 4.69) is 13.2 Å². The molecule has 1 unspecified atom stereocenters. The van der Waals surface area contributed by atoms with Crippen LogP contribution in [0.2, 0.25) is 0 Å². The number of hydrogen-bond donors (Lipinski definition) is 0. The lowest BCUT2D eigenvalue weighted by atomic mass is 9.93. The minimum absolute atomic E-state index is 0.0830. The first-order valence-corrected chi connectivity index (χ1v) is 5.32. The molecule has 1 aromatic rings. The van der Waals surface area contributed by atoms with E-state index in [0.717, 1.165) is 11.1 Å². The number of halogens is 1. The Labute approximate surface area is 96.3 Å². The van der Waals surface area contributed by atoms with Crippen molar-refractivity contribution in [1.29, 1.82) is 0 Å². The zero-order valence-corrected chi connectivity index (χ0v) is 9.79. The SMILES string of the molecule is C=C(OCC)C(=C)C(C)c1ccc(F)cc1. The van der Waals surface area contributed by atoms with Gasteiger partial charge in [0, 0.05) is 5.92 Å². The van der Waals surface area contributed by atoms with Gasteiger partial charge in [0.25, 0.3) is 0 Å². The van der Waals surface area contributed by atoms with Crippen LogP contribution < -0.4 is 0 Å². The third kappa shape index (κ3) is 2.96. The monoisotopic (exact) mass is 220 g/mol. The van der Waals surface area contributed by atoms with Crippen LogP contribution in [0.1, 0.15) is 25.3 Å². The van der Waals surface area contributed by atoms with Crippen molar-refractivity contribution < 1.29 is 9.13 Å². The molecule has 86 valence electrons. The molecule has 2 heteroatoms. The highest BCUT2D eigenvalue weighted by molar-refractivity contribution is 5.34. The lowest BCUT2D eigenvalue weighted by Gasteiger charge is -2.17. The predicted octanol–water partition coefficient (Wildman–Crippen LogP) is 4.04. The molecule has 0 radical (unpaired) electrons. The highest BCUT2D eigenvalue weighted by atomic mass is 19.1. The second kappa shape index (κ2) is 5.50. The normalized spacial score (nSPS) is 11.9. The van der Waals surface area contributed by atoms with Crippen LogP contribution in [0.25, 0.3) is 0 Å². The average molecular weight is 220 g/mol. The van der Waals surface area contributed by atoms with E-state index in [0.29, 0.717) is 12.4 Å². The van der Waals surface area contributed by atoms with Gasteiger partial charge in [-0.25, -0.2) is 4.39 Å². The summed E-state index contributed by atoms with van der Waals surface area (Å²) < 4.78 is 18.1. The summed E-state index contributed by atoms with van der Waals surface area (Å²) in [6.45, 7) is 12.2. The second-order valence-electron chi connectivity index (χ2n) is 3.65. The molecular formula is C14H17FO. The van der Waals surface area contributed by atoms with Crippen molar-refractivity contribution in [2.45, 2.75) is 19.8 Å². The zero-order valence-electron chi connectivity index (χ0n) is 9.79. The van der Waals surface area contributed by atoms with Gasteiger partial charge in [-0.2, -0.15) is 0 Å². The van der Waals surface area contributed by atoms with Gasteiger partial charge in [0.05, 0.1) is 6.61 Å². The largest absolute Gasteiger partial charge is 0.494 e. The highest BCUT2D eigenvalue weighted by Crippen LogP contribution is 2.27. The van der Waals surface area contributed by atoms with Crippen molar-refractivity contribution in [3.8, 4) is 0 Å². The van der Waals surface area contributed by atoms with Crippen molar-refractivity contribution >= 4 is 0 Å². The summed E-state index contributed by atoms with van der Waals surface area (Å²) >= 11 is 0. The van der Waals surface area contributed by atoms with Gasteiger partial charge in [0.1, 0.15) is 11.6 Å². The maximum atomic E-state index is 12.8. The van der Waals surface area contributed by atoms with Gasteiger partial charge in [-0.1, -0.05) is 32.2 Å². The number of hydrogen-bond acceptors (Lipinski definition) is 1. The average Bonchev–Trinajstić information content (AvgIpc) is 2.28. The second-order valence-corrected chi connectivity index (χ2v) is 3.65. The quantitative estimate of drug-likeness (QED) is 0.537. The van der Waals surface area contributed by atoms with Crippen LogP contribution in [0, 0.1) is 5.82 Å². The summed E-state index contributed by atoms with van der Waals surface area (Å²) in [5.41, 5.74) is 1.83. The van der Waals surface area contributed by atoms with E-state index in [-0.39, 0.29) is 11.7 Å². The molecule has 0 heterocycles. The van der Waals surface area contributed by atoms with Crippen LogP contribution in [0.3, 0.4) is 0 Å². The fourth-order valence-electron chi connectivity index (χ4n) is 1.46. The van der Waals surface area contributed by atoms with Crippen LogP contribution in [0.15, 0.2) is 48.8 Å². The molecule has 0 aliphatic heterocycles. The van der Waals surface area contributed by atoms with E-state index >= 15 is 0 Å². The van der Waals surface area contributed by atoms with Crippen molar-refractivity contribution in [1.82, 2.24) is 0 Å². The van der Waals surface area contributed by atoms with Gasteiger partial charge in [-0.3, -0.25) is 0 Å². The summed E-state index contributed by atoms with van der Waals surface area (Å²) in [5.74, 6) is 0.448. The van der Waals surface area contributed by atoms with Crippen LogP contribution in [0.5, 0.6) is 0 Å². The van der Waals surface area contributed by atoms with Crippen LogP contribution >= 0.6 is 0 Å². The van der Waals surface area contributed by atoms with Gasteiger partial charge < -0.3 is 4.74 Å². The van der Waals surface area contributed by atoms with Crippen molar-refractivity contribution in [3.63, 3.8) is 0 Å². The van der Waals surface area contributed by atoms with E-state index in [9.17, 15) is 4.39 Å². The molecule has 0 saturated carbocycles. The van der Waals surface area contributed by atoms with Crippen molar-refractivity contribution in [3.05, 3.63) is 60.1 Å².